The average molecular weight is 258 g/mol. The molecule has 2 atom stereocenters. The maximum absolute atomic E-state index is 12.2. The molecule has 106 valence electrons. The van der Waals surface area contributed by atoms with E-state index >= 15 is 0 Å². The first-order valence-corrected chi connectivity index (χ1v) is 6.33. The molecule has 0 aromatic rings. The first-order valence-electron chi connectivity index (χ1n) is 6.33. The van der Waals surface area contributed by atoms with Gasteiger partial charge in [-0.15, -0.1) is 0 Å². The predicted octanol–water partition coefficient (Wildman–Crippen LogP) is 1.32. The van der Waals surface area contributed by atoms with Crippen LogP contribution in [0.15, 0.2) is 0 Å². The number of likely N-dealkylation sites (N-methyl/N-ethyl adjacent to an activating group) is 1. The largest absolute Gasteiger partial charge is 0.480 e. The normalized spacial score (nSPS) is 15.0. The van der Waals surface area contributed by atoms with E-state index in [1.54, 1.807) is 6.92 Å². The molecule has 2 unspecified atom stereocenters. The van der Waals surface area contributed by atoms with E-state index in [2.05, 4.69) is 0 Å². The van der Waals surface area contributed by atoms with E-state index in [9.17, 15) is 9.59 Å². The summed E-state index contributed by atoms with van der Waals surface area (Å²) in [5, 5.41) is 9.05. The second-order valence-corrected chi connectivity index (χ2v) is 5.91. The fourth-order valence-electron chi connectivity index (χ4n) is 2.07. The van der Waals surface area contributed by atoms with E-state index < -0.39 is 12.0 Å². The number of nitrogens with two attached hydrogens (primary N) is 1. The lowest BCUT2D eigenvalue weighted by atomic mass is 9.84. The second-order valence-electron chi connectivity index (χ2n) is 5.91. The molecule has 0 aliphatic heterocycles. The van der Waals surface area contributed by atoms with Crippen LogP contribution < -0.4 is 5.73 Å². The molecular weight excluding hydrogens is 232 g/mol. The fourth-order valence-corrected chi connectivity index (χ4v) is 2.07. The molecule has 0 aliphatic rings. The molecule has 0 saturated heterocycles. The van der Waals surface area contributed by atoms with Gasteiger partial charge in [0.25, 0.3) is 0 Å². The quantitative estimate of drug-likeness (QED) is 0.752. The number of hydrogen-bond acceptors (Lipinski definition) is 3. The third-order valence-electron chi connectivity index (χ3n) is 2.98. The Morgan fingerprint density at radius 2 is 1.83 bits per heavy atom. The maximum atomic E-state index is 12.2. The maximum Gasteiger partial charge on any atom is 0.326 e. The van der Waals surface area contributed by atoms with Crippen molar-refractivity contribution >= 4 is 11.9 Å². The highest BCUT2D eigenvalue weighted by molar-refractivity contribution is 5.85. The van der Waals surface area contributed by atoms with Crippen LogP contribution in [0.4, 0.5) is 0 Å². The minimum atomic E-state index is -0.972. The Labute approximate surface area is 109 Å². The lowest BCUT2D eigenvalue weighted by Crippen LogP contribution is -2.46. The molecule has 5 heteroatoms. The van der Waals surface area contributed by atoms with Gasteiger partial charge in [0.15, 0.2) is 0 Å². The first-order chi connectivity index (χ1) is 8.14. The Morgan fingerprint density at radius 1 is 1.33 bits per heavy atom. The van der Waals surface area contributed by atoms with Crippen LogP contribution in [0.25, 0.3) is 0 Å². The van der Waals surface area contributed by atoms with Gasteiger partial charge in [0, 0.05) is 13.6 Å². The van der Waals surface area contributed by atoms with Gasteiger partial charge in [-0.2, -0.15) is 0 Å². The van der Waals surface area contributed by atoms with Gasteiger partial charge in [0.05, 0.1) is 5.92 Å². The smallest absolute Gasteiger partial charge is 0.326 e. The Hall–Kier alpha value is -1.10. The zero-order chi connectivity index (χ0) is 14.5. The molecule has 5 nitrogen and oxygen atoms in total. The highest BCUT2D eigenvalue weighted by Crippen LogP contribution is 2.25. The van der Waals surface area contributed by atoms with Gasteiger partial charge in [-0.3, -0.25) is 4.79 Å². The zero-order valence-corrected chi connectivity index (χ0v) is 12.1. The Balaban J connectivity index is 4.83. The third kappa shape index (κ3) is 5.04. The van der Waals surface area contributed by atoms with Crippen LogP contribution in [0.1, 0.15) is 40.5 Å². The zero-order valence-electron chi connectivity index (χ0n) is 12.1. The van der Waals surface area contributed by atoms with E-state index in [1.165, 1.54) is 11.9 Å². The number of hydrogen-bond donors (Lipinski definition) is 2. The van der Waals surface area contributed by atoms with Gasteiger partial charge in [0.1, 0.15) is 6.04 Å². The lowest BCUT2D eigenvalue weighted by Gasteiger charge is -2.30. The van der Waals surface area contributed by atoms with Crippen LogP contribution in [0.3, 0.4) is 0 Å². The Kier molecular flexibility index (Phi) is 6.32. The fraction of sp³-hybridized carbons (Fsp3) is 0.846. The molecule has 0 aliphatic carbocycles. The van der Waals surface area contributed by atoms with E-state index in [0.717, 1.165) is 0 Å². The van der Waals surface area contributed by atoms with Crippen LogP contribution in [0.5, 0.6) is 0 Å². The van der Waals surface area contributed by atoms with Gasteiger partial charge in [-0.05, 0) is 18.3 Å². The van der Waals surface area contributed by atoms with Gasteiger partial charge >= 0.3 is 5.97 Å². The lowest BCUT2D eigenvalue weighted by molar-refractivity contribution is -0.151. The molecular formula is C13H26N2O3. The summed E-state index contributed by atoms with van der Waals surface area (Å²) in [7, 11) is 1.54. The van der Waals surface area contributed by atoms with Gasteiger partial charge < -0.3 is 15.7 Å². The van der Waals surface area contributed by atoms with E-state index in [4.69, 9.17) is 10.8 Å². The Bertz CT molecular complexity index is 297. The minimum Gasteiger partial charge on any atom is -0.480 e. The van der Waals surface area contributed by atoms with Gasteiger partial charge in [-0.1, -0.05) is 27.7 Å². The van der Waals surface area contributed by atoms with Gasteiger partial charge in [-0.25, -0.2) is 4.79 Å². The monoisotopic (exact) mass is 258 g/mol. The SMILES string of the molecule is CCC(C(=O)O)N(C)C(=O)C(CN)CC(C)(C)C. The molecule has 0 aromatic carbocycles. The number of nitrogens with zero attached hydrogens (tertiary/aromatic N) is 1. The summed E-state index contributed by atoms with van der Waals surface area (Å²) in [5.74, 6) is -1.47. The van der Waals surface area contributed by atoms with E-state index in [0.29, 0.717) is 12.8 Å². The van der Waals surface area contributed by atoms with Crippen molar-refractivity contribution < 1.29 is 14.7 Å². The summed E-state index contributed by atoms with van der Waals surface area (Å²) in [6.07, 6.45) is 1.05. The summed E-state index contributed by atoms with van der Waals surface area (Å²) in [6, 6.07) is -0.772. The van der Waals surface area contributed by atoms with Crippen molar-refractivity contribution in [3.8, 4) is 0 Å². The molecule has 0 radical (unpaired) electrons. The van der Waals surface area contributed by atoms with Crippen molar-refractivity contribution in [2.75, 3.05) is 13.6 Å². The summed E-state index contributed by atoms with van der Waals surface area (Å²) in [5.41, 5.74) is 5.63. The number of carboxylic acid groups (broad SMARTS) is 1. The number of rotatable bonds is 6. The average Bonchev–Trinajstić information content (AvgIpc) is 2.23. The molecule has 0 saturated carbocycles. The molecule has 0 spiro atoms. The highest BCUT2D eigenvalue weighted by atomic mass is 16.4. The molecule has 0 aromatic heterocycles. The van der Waals surface area contributed by atoms with Crippen molar-refractivity contribution in [1.29, 1.82) is 0 Å². The predicted molar refractivity (Wildman–Crippen MR) is 71.1 cm³/mol. The number of amides is 1. The molecule has 3 N–H and O–H groups in total. The molecule has 1 amide bonds. The molecule has 0 bridgehead atoms. The van der Waals surface area contributed by atoms with Crippen LogP contribution in [0, 0.1) is 11.3 Å². The molecule has 18 heavy (non-hydrogen) atoms. The molecule has 0 heterocycles. The van der Waals surface area contributed by atoms with Crippen LogP contribution in [-0.4, -0.2) is 41.5 Å². The van der Waals surface area contributed by atoms with Crippen molar-refractivity contribution in [2.45, 2.75) is 46.6 Å². The first kappa shape index (κ1) is 16.9. The standard InChI is InChI=1S/C13H26N2O3/c1-6-10(12(17)18)15(5)11(16)9(8-14)7-13(2,3)4/h9-10H,6-8,14H2,1-5H3,(H,17,18). The summed E-state index contributed by atoms with van der Waals surface area (Å²) in [4.78, 5) is 24.6. The van der Waals surface area contributed by atoms with Crippen LogP contribution in [-0.2, 0) is 9.59 Å². The molecule has 0 rings (SSSR count). The van der Waals surface area contributed by atoms with Crippen molar-refractivity contribution in [1.82, 2.24) is 4.90 Å². The van der Waals surface area contributed by atoms with Crippen molar-refractivity contribution in [3.05, 3.63) is 0 Å². The summed E-state index contributed by atoms with van der Waals surface area (Å²) in [6.45, 7) is 8.12. The van der Waals surface area contributed by atoms with E-state index in [1.807, 2.05) is 20.8 Å². The molecule has 0 fully saturated rings. The number of carbonyl (C=O) groups excluding carboxylic acids is 1. The number of carboxylic acids is 1. The number of carbonyl (C=O) groups is 2. The van der Waals surface area contributed by atoms with Crippen LogP contribution >= 0.6 is 0 Å². The van der Waals surface area contributed by atoms with Crippen molar-refractivity contribution in [3.63, 3.8) is 0 Å². The summed E-state index contributed by atoms with van der Waals surface area (Å²) >= 11 is 0. The highest BCUT2D eigenvalue weighted by Gasteiger charge is 2.31. The third-order valence-corrected chi connectivity index (χ3v) is 2.98. The van der Waals surface area contributed by atoms with Gasteiger partial charge in [0.2, 0.25) is 5.91 Å². The van der Waals surface area contributed by atoms with Crippen molar-refractivity contribution in [2.24, 2.45) is 17.1 Å². The second kappa shape index (κ2) is 6.73. The Morgan fingerprint density at radius 3 is 2.11 bits per heavy atom. The summed E-state index contributed by atoms with van der Waals surface area (Å²) < 4.78 is 0. The van der Waals surface area contributed by atoms with Crippen LogP contribution in [0.2, 0.25) is 0 Å². The minimum absolute atomic E-state index is 0.00846. The topological polar surface area (TPSA) is 83.6 Å². The van der Waals surface area contributed by atoms with E-state index in [-0.39, 0.29) is 23.8 Å². The number of aliphatic carboxylic acids is 1.